The number of hydrogen-bond acceptors (Lipinski definition) is 7. The van der Waals surface area contributed by atoms with E-state index < -0.39 is 31.4 Å². The molecule has 0 saturated carbocycles. The molecule has 0 fully saturated rings. The topological polar surface area (TPSA) is 127 Å². The minimum atomic E-state index is -4.56. The summed E-state index contributed by atoms with van der Waals surface area (Å²) < 4.78 is 65.5. The van der Waals surface area contributed by atoms with Crippen LogP contribution >= 0.6 is 0 Å². The largest absolute Gasteiger partial charge is 1.00 e. The van der Waals surface area contributed by atoms with Gasteiger partial charge in [-0.25, -0.2) is 16.8 Å². The normalized spacial score (nSPS) is 19.4. The van der Waals surface area contributed by atoms with Crippen molar-refractivity contribution >= 4 is 31.6 Å². The standard InChI is InChI=1S/C14H19NO6S2.2K/c1-10-14(2,7-3-4-8-22(16,17)18)12-9-11(23(19,20)21)5-6-13(12)15-10;;/h5-6,9H,3-4,7-8H2,1-2H3,(H,16,17,18)(H,19,20,21);;/q;2*+1/p-2. The summed E-state index contributed by atoms with van der Waals surface area (Å²) in [6.07, 6.45) is 1.20. The van der Waals surface area contributed by atoms with Gasteiger partial charge in [0.25, 0.3) is 0 Å². The van der Waals surface area contributed by atoms with E-state index in [1.165, 1.54) is 18.2 Å². The Bertz CT molecular complexity index is 867. The van der Waals surface area contributed by atoms with Gasteiger partial charge in [-0.1, -0.05) is 13.3 Å². The molecule has 1 aromatic carbocycles. The van der Waals surface area contributed by atoms with Gasteiger partial charge in [-0.05, 0) is 43.5 Å². The SMILES string of the molecule is CC1=Nc2ccc(S(=O)(=O)[O-])cc2C1(C)CCCCS(=O)(=O)[O-].[K+].[K+]. The Kier molecular flexibility index (Phi) is 10.9. The summed E-state index contributed by atoms with van der Waals surface area (Å²) in [5.74, 6) is -0.429. The molecular weight excluding hydrogens is 420 g/mol. The first-order valence-electron chi connectivity index (χ1n) is 7.03. The van der Waals surface area contributed by atoms with Crippen molar-refractivity contribution in [1.29, 1.82) is 0 Å². The van der Waals surface area contributed by atoms with Gasteiger partial charge in [0.05, 0.1) is 20.7 Å². The third-order valence-corrected chi connectivity index (χ3v) is 5.88. The second-order valence-electron chi connectivity index (χ2n) is 5.88. The molecule has 0 amide bonds. The summed E-state index contributed by atoms with van der Waals surface area (Å²) in [6.45, 7) is 3.67. The molecule has 0 spiro atoms. The minimum Gasteiger partial charge on any atom is -0.748 e. The van der Waals surface area contributed by atoms with Crippen molar-refractivity contribution < 1.29 is 129 Å². The average Bonchev–Trinajstić information content (AvgIpc) is 2.65. The molecule has 25 heavy (non-hydrogen) atoms. The first-order valence-corrected chi connectivity index (χ1v) is 10.0. The fourth-order valence-corrected chi connectivity index (χ4v) is 3.84. The average molecular weight is 438 g/mol. The van der Waals surface area contributed by atoms with Gasteiger partial charge in [-0.2, -0.15) is 0 Å². The quantitative estimate of drug-likeness (QED) is 0.252. The fraction of sp³-hybridized carbons (Fsp3) is 0.500. The molecule has 1 heterocycles. The van der Waals surface area contributed by atoms with Crippen LogP contribution in [0.4, 0.5) is 5.69 Å². The van der Waals surface area contributed by atoms with Gasteiger partial charge < -0.3 is 9.11 Å². The molecule has 0 radical (unpaired) electrons. The van der Waals surface area contributed by atoms with Gasteiger partial charge in [0.15, 0.2) is 0 Å². The molecule has 11 heteroatoms. The van der Waals surface area contributed by atoms with Crippen LogP contribution in [-0.2, 0) is 25.7 Å². The van der Waals surface area contributed by atoms with Crippen molar-refractivity contribution in [3.05, 3.63) is 23.8 Å². The van der Waals surface area contributed by atoms with Gasteiger partial charge in [0.1, 0.15) is 10.1 Å². The van der Waals surface area contributed by atoms with Crippen LogP contribution in [0.1, 0.15) is 38.7 Å². The molecular formula is C14H17K2NO6S2. The molecule has 7 nitrogen and oxygen atoms in total. The Labute approximate surface area is 233 Å². The summed E-state index contributed by atoms with van der Waals surface area (Å²) in [6, 6.07) is 4.06. The van der Waals surface area contributed by atoms with E-state index in [2.05, 4.69) is 4.99 Å². The molecule has 0 aromatic heterocycles. The molecule has 0 bridgehead atoms. The van der Waals surface area contributed by atoms with Crippen molar-refractivity contribution in [2.75, 3.05) is 5.75 Å². The number of aliphatic imine (C=N–C) groups is 1. The third kappa shape index (κ3) is 7.07. The van der Waals surface area contributed by atoms with Gasteiger partial charge in [-0.15, -0.1) is 0 Å². The number of nitrogens with zero attached hydrogens (tertiary/aromatic N) is 1. The van der Waals surface area contributed by atoms with E-state index in [-0.39, 0.29) is 114 Å². The second-order valence-corrected chi connectivity index (χ2v) is 8.78. The van der Waals surface area contributed by atoms with Gasteiger partial charge in [-0.3, -0.25) is 4.99 Å². The van der Waals surface area contributed by atoms with Gasteiger partial charge >= 0.3 is 103 Å². The number of unbranched alkanes of at least 4 members (excludes halogenated alkanes) is 1. The summed E-state index contributed by atoms with van der Waals surface area (Å²) in [7, 11) is -8.80. The van der Waals surface area contributed by atoms with E-state index in [0.29, 0.717) is 24.1 Å². The maximum absolute atomic E-state index is 11.2. The monoisotopic (exact) mass is 437 g/mol. The second kappa shape index (κ2) is 10.1. The molecule has 1 aromatic rings. The van der Waals surface area contributed by atoms with E-state index in [1.54, 1.807) is 6.92 Å². The van der Waals surface area contributed by atoms with E-state index >= 15 is 0 Å². The Hall–Kier alpha value is 1.98. The van der Waals surface area contributed by atoms with E-state index in [0.717, 1.165) is 5.71 Å². The van der Waals surface area contributed by atoms with Crippen LogP contribution in [0.15, 0.2) is 28.1 Å². The van der Waals surface area contributed by atoms with Crippen LogP contribution in [0.2, 0.25) is 0 Å². The van der Waals surface area contributed by atoms with Crippen LogP contribution in [0.5, 0.6) is 0 Å². The third-order valence-electron chi connectivity index (χ3n) is 4.26. The van der Waals surface area contributed by atoms with Crippen molar-refractivity contribution in [2.24, 2.45) is 4.99 Å². The smallest absolute Gasteiger partial charge is 0.748 e. The van der Waals surface area contributed by atoms with Crippen molar-refractivity contribution in [1.82, 2.24) is 0 Å². The molecule has 1 unspecified atom stereocenters. The van der Waals surface area contributed by atoms with Crippen LogP contribution in [0.25, 0.3) is 0 Å². The molecule has 1 aliphatic heterocycles. The Morgan fingerprint density at radius 1 is 1.08 bits per heavy atom. The summed E-state index contributed by atoms with van der Waals surface area (Å²) in [5, 5.41) is 0. The number of benzene rings is 1. The molecule has 1 aliphatic rings. The number of fused-ring (bicyclic) bond motifs is 1. The van der Waals surface area contributed by atoms with Crippen molar-refractivity contribution in [3.63, 3.8) is 0 Å². The maximum atomic E-state index is 11.2. The van der Waals surface area contributed by atoms with E-state index in [4.69, 9.17) is 0 Å². The maximum Gasteiger partial charge on any atom is 1.00 e. The summed E-state index contributed by atoms with van der Waals surface area (Å²) >= 11 is 0. The Balaban J connectivity index is 0.00000288. The zero-order valence-corrected chi connectivity index (χ0v) is 22.7. The van der Waals surface area contributed by atoms with Crippen LogP contribution < -0.4 is 103 Å². The molecule has 1 atom stereocenters. The van der Waals surface area contributed by atoms with E-state index in [9.17, 15) is 25.9 Å². The zero-order valence-electron chi connectivity index (χ0n) is 14.8. The van der Waals surface area contributed by atoms with Crippen LogP contribution in [0, 0.1) is 0 Å². The van der Waals surface area contributed by atoms with Crippen molar-refractivity contribution in [3.8, 4) is 0 Å². The number of hydrogen-bond donors (Lipinski definition) is 0. The minimum absolute atomic E-state index is 0. The molecule has 0 saturated heterocycles. The predicted molar refractivity (Wildman–Crippen MR) is 82.9 cm³/mol. The summed E-state index contributed by atoms with van der Waals surface area (Å²) in [4.78, 5) is 4.09. The van der Waals surface area contributed by atoms with Gasteiger partial charge in [0, 0.05) is 16.9 Å². The van der Waals surface area contributed by atoms with Crippen molar-refractivity contribution in [2.45, 2.75) is 43.4 Å². The number of rotatable bonds is 6. The molecule has 2 rings (SSSR count). The predicted octanol–water partition coefficient (Wildman–Crippen LogP) is -4.32. The first-order chi connectivity index (χ1) is 10.4. The van der Waals surface area contributed by atoms with Gasteiger partial charge in [0.2, 0.25) is 0 Å². The first kappa shape index (κ1) is 27.0. The Morgan fingerprint density at radius 2 is 1.68 bits per heavy atom. The van der Waals surface area contributed by atoms with E-state index in [1.807, 2.05) is 6.92 Å². The van der Waals surface area contributed by atoms with Crippen LogP contribution in [0.3, 0.4) is 0 Å². The molecule has 128 valence electrons. The van der Waals surface area contributed by atoms with Crippen LogP contribution in [-0.4, -0.2) is 37.4 Å². The molecule has 0 aliphatic carbocycles. The fourth-order valence-electron chi connectivity index (χ4n) is 2.78. The summed E-state index contributed by atoms with van der Waals surface area (Å²) in [5.41, 5.74) is 1.42. The Morgan fingerprint density at radius 3 is 2.20 bits per heavy atom. The zero-order chi connectivity index (χ0) is 17.5. The molecule has 0 N–H and O–H groups in total.